The molecule has 0 aromatic carbocycles. The van der Waals surface area contributed by atoms with E-state index in [4.69, 9.17) is 0 Å². The normalized spacial score (nSPS) is 13.4. The fourth-order valence-electron chi connectivity index (χ4n) is 1.96. The van der Waals surface area contributed by atoms with Crippen molar-refractivity contribution in [2.45, 2.75) is 46.5 Å². The van der Waals surface area contributed by atoms with E-state index >= 15 is 0 Å². The molecule has 0 saturated carbocycles. The number of hydrogen-bond donors (Lipinski definition) is 1. The van der Waals surface area contributed by atoms with Crippen molar-refractivity contribution in [3.8, 4) is 0 Å². The van der Waals surface area contributed by atoms with Crippen molar-refractivity contribution >= 4 is 5.65 Å². The standard InChI is InChI=1S/C14H21N3O/c1-5-10(4)6-12-15-13-7-11(9(2)3)8-14(18)17(13)16-12/h7-10H,5-6H2,1-4H3,(H,15,16). The van der Waals surface area contributed by atoms with Gasteiger partial charge in [0.15, 0.2) is 5.65 Å². The molecule has 0 aliphatic rings. The van der Waals surface area contributed by atoms with Crippen molar-refractivity contribution in [2.75, 3.05) is 0 Å². The van der Waals surface area contributed by atoms with Gasteiger partial charge in [-0.05, 0) is 23.5 Å². The van der Waals surface area contributed by atoms with Gasteiger partial charge in [-0.2, -0.15) is 0 Å². The predicted molar refractivity (Wildman–Crippen MR) is 73.1 cm³/mol. The monoisotopic (exact) mass is 247 g/mol. The van der Waals surface area contributed by atoms with Crippen molar-refractivity contribution in [3.05, 3.63) is 33.9 Å². The molecule has 4 nitrogen and oxygen atoms in total. The smallest absolute Gasteiger partial charge is 0.271 e. The van der Waals surface area contributed by atoms with Gasteiger partial charge in [-0.3, -0.25) is 9.89 Å². The Morgan fingerprint density at radius 2 is 2.06 bits per heavy atom. The Morgan fingerprint density at radius 1 is 1.33 bits per heavy atom. The fraction of sp³-hybridized carbons (Fsp3) is 0.571. The summed E-state index contributed by atoms with van der Waals surface area (Å²) in [5, 5.41) is 3.09. The van der Waals surface area contributed by atoms with Gasteiger partial charge in [0.05, 0.1) is 0 Å². The lowest BCUT2D eigenvalue weighted by atomic mass is 10.1. The molecule has 2 rings (SSSR count). The van der Waals surface area contributed by atoms with Crippen LogP contribution in [0.2, 0.25) is 0 Å². The first kappa shape index (κ1) is 12.9. The highest BCUT2D eigenvalue weighted by atomic mass is 16.1. The molecule has 98 valence electrons. The van der Waals surface area contributed by atoms with Gasteiger partial charge in [0, 0.05) is 12.5 Å². The molecule has 0 radical (unpaired) electrons. The van der Waals surface area contributed by atoms with Crippen LogP contribution in [0.15, 0.2) is 16.9 Å². The SMILES string of the molecule is CCC(C)Cc1nc2cc(C(C)C)cc(=O)n2[nH]1. The molecule has 0 aliphatic carbocycles. The molecule has 2 aromatic rings. The van der Waals surface area contributed by atoms with Crippen molar-refractivity contribution in [3.63, 3.8) is 0 Å². The molecule has 1 unspecified atom stereocenters. The van der Waals surface area contributed by atoms with Gasteiger partial charge in [-0.15, -0.1) is 0 Å². The first-order valence-corrected chi connectivity index (χ1v) is 6.62. The number of nitrogens with zero attached hydrogens (tertiary/aromatic N) is 2. The summed E-state index contributed by atoms with van der Waals surface area (Å²) in [6, 6.07) is 3.67. The van der Waals surface area contributed by atoms with Gasteiger partial charge in [0.1, 0.15) is 5.82 Å². The lowest BCUT2D eigenvalue weighted by molar-refractivity contribution is 0.543. The molecule has 0 aliphatic heterocycles. The van der Waals surface area contributed by atoms with Gasteiger partial charge < -0.3 is 0 Å². The molecule has 0 fully saturated rings. The van der Waals surface area contributed by atoms with E-state index < -0.39 is 0 Å². The summed E-state index contributed by atoms with van der Waals surface area (Å²) in [6.45, 7) is 8.52. The van der Waals surface area contributed by atoms with Crippen LogP contribution in [0.5, 0.6) is 0 Å². The van der Waals surface area contributed by atoms with E-state index in [0.29, 0.717) is 11.8 Å². The number of nitrogens with one attached hydrogen (secondary N) is 1. The molecule has 0 amide bonds. The van der Waals surface area contributed by atoms with Crippen molar-refractivity contribution < 1.29 is 0 Å². The van der Waals surface area contributed by atoms with Crippen LogP contribution in [-0.4, -0.2) is 14.6 Å². The molecule has 2 aromatic heterocycles. The van der Waals surface area contributed by atoms with Crippen LogP contribution in [0.3, 0.4) is 0 Å². The van der Waals surface area contributed by atoms with Gasteiger partial charge >= 0.3 is 0 Å². The minimum absolute atomic E-state index is 0.0286. The maximum Gasteiger partial charge on any atom is 0.271 e. The fourth-order valence-corrected chi connectivity index (χ4v) is 1.96. The van der Waals surface area contributed by atoms with E-state index in [1.54, 1.807) is 6.07 Å². The molecule has 0 bridgehead atoms. The molecule has 18 heavy (non-hydrogen) atoms. The molecule has 1 N–H and O–H groups in total. The van der Waals surface area contributed by atoms with Gasteiger partial charge in [-0.25, -0.2) is 9.50 Å². The van der Waals surface area contributed by atoms with E-state index in [2.05, 4.69) is 37.8 Å². The molecule has 0 saturated heterocycles. The van der Waals surface area contributed by atoms with E-state index in [1.165, 1.54) is 4.52 Å². The molecule has 2 heterocycles. The van der Waals surface area contributed by atoms with Crippen LogP contribution in [0, 0.1) is 5.92 Å². The van der Waals surface area contributed by atoms with Crippen molar-refractivity contribution in [1.82, 2.24) is 14.6 Å². The summed E-state index contributed by atoms with van der Waals surface area (Å²) in [5.41, 5.74) is 1.74. The summed E-state index contributed by atoms with van der Waals surface area (Å²) in [4.78, 5) is 16.5. The average Bonchev–Trinajstić information content (AvgIpc) is 2.71. The molecular formula is C14H21N3O. The van der Waals surface area contributed by atoms with E-state index in [9.17, 15) is 4.79 Å². The Morgan fingerprint density at radius 3 is 2.67 bits per heavy atom. The first-order valence-electron chi connectivity index (χ1n) is 6.62. The molecule has 1 atom stereocenters. The van der Waals surface area contributed by atoms with Crippen LogP contribution in [0.1, 0.15) is 51.4 Å². The van der Waals surface area contributed by atoms with Gasteiger partial charge in [0.25, 0.3) is 5.56 Å². The highest BCUT2D eigenvalue weighted by molar-refractivity contribution is 5.41. The van der Waals surface area contributed by atoms with Gasteiger partial charge in [-0.1, -0.05) is 34.1 Å². The van der Waals surface area contributed by atoms with Crippen molar-refractivity contribution in [2.24, 2.45) is 5.92 Å². The Kier molecular flexibility index (Phi) is 3.55. The summed E-state index contributed by atoms with van der Waals surface area (Å²) < 4.78 is 1.53. The molecular weight excluding hydrogens is 226 g/mol. The molecule has 4 heteroatoms. The second kappa shape index (κ2) is 4.96. The van der Waals surface area contributed by atoms with E-state index in [-0.39, 0.29) is 5.56 Å². The largest absolute Gasteiger partial charge is 0.276 e. The lowest BCUT2D eigenvalue weighted by Crippen LogP contribution is -2.14. The third-order valence-electron chi connectivity index (χ3n) is 3.43. The zero-order valence-electron chi connectivity index (χ0n) is 11.5. The summed E-state index contributed by atoms with van der Waals surface area (Å²) in [5.74, 6) is 1.81. The second-order valence-electron chi connectivity index (χ2n) is 5.36. The summed E-state index contributed by atoms with van der Waals surface area (Å²) >= 11 is 0. The molecule has 0 spiro atoms. The maximum absolute atomic E-state index is 12.0. The summed E-state index contributed by atoms with van der Waals surface area (Å²) in [6.07, 6.45) is 2.00. The van der Waals surface area contributed by atoms with Gasteiger partial charge in [0.2, 0.25) is 0 Å². The summed E-state index contributed by atoms with van der Waals surface area (Å²) in [7, 11) is 0. The zero-order valence-corrected chi connectivity index (χ0v) is 11.5. The number of fused-ring (bicyclic) bond motifs is 1. The Balaban J connectivity index is 2.44. The van der Waals surface area contributed by atoms with Crippen LogP contribution in [0.25, 0.3) is 5.65 Å². The number of pyridine rings is 1. The Labute approximate surface area is 107 Å². The van der Waals surface area contributed by atoms with Crippen LogP contribution < -0.4 is 5.56 Å². The minimum atomic E-state index is -0.0286. The van der Waals surface area contributed by atoms with E-state index in [1.807, 2.05) is 6.07 Å². The maximum atomic E-state index is 12.0. The van der Waals surface area contributed by atoms with Crippen LogP contribution in [0.4, 0.5) is 0 Å². The number of aromatic nitrogens is 3. The highest BCUT2D eigenvalue weighted by Crippen LogP contribution is 2.14. The number of H-pyrrole nitrogens is 1. The zero-order chi connectivity index (χ0) is 13.3. The number of rotatable bonds is 4. The second-order valence-corrected chi connectivity index (χ2v) is 5.36. The number of aromatic amines is 1. The average molecular weight is 247 g/mol. The third kappa shape index (κ3) is 2.47. The first-order chi connectivity index (χ1) is 8.51. The Hall–Kier alpha value is -1.58. The quantitative estimate of drug-likeness (QED) is 0.903. The Bertz CT molecular complexity index is 595. The van der Waals surface area contributed by atoms with E-state index in [0.717, 1.165) is 29.9 Å². The highest BCUT2D eigenvalue weighted by Gasteiger charge is 2.10. The predicted octanol–water partition coefficient (Wildman–Crippen LogP) is 2.73. The number of hydrogen-bond acceptors (Lipinski definition) is 2. The van der Waals surface area contributed by atoms with Crippen LogP contribution in [-0.2, 0) is 6.42 Å². The third-order valence-corrected chi connectivity index (χ3v) is 3.43. The van der Waals surface area contributed by atoms with Crippen molar-refractivity contribution in [1.29, 1.82) is 0 Å². The minimum Gasteiger partial charge on any atom is -0.276 e. The topological polar surface area (TPSA) is 50.2 Å². The van der Waals surface area contributed by atoms with Crippen LogP contribution >= 0.6 is 0 Å². The lowest BCUT2D eigenvalue weighted by Gasteiger charge is -2.03.